The lowest BCUT2D eigenvalue weighted by Gasteiger charge is -2.07. The maximum Gasteiger partial charge on any atom is 0.338 e. The van der Waals surface area contributed by atoms with E-state index in [1.807, 2.05) is 0 Å². The molecule has 0 saturated heterocycles. The van der Waals surface area contributed by atoms with E-state index in [-0.39, 0.29) is 16.8 Å². The second kappa shape index (κ2) is 4.28. The Kier molecular flexibility index (Phi) is 2.80. The van der Waals surface area contributed by atoms with Crippen molar-refractivity contribution in [3.8, 4) is 11.3 Å². The maximum atomic E-state index is 11.1. The molecule has 0 aliphatic heterocycles. The Hall–Kier alpha value is -2.70. The molecule has 0 bridgehead atoms. The van der Waals surface area contributed by atoms with Crippen LogP contribution in [0, 0.1) is 10.1 Å². The van der Waals surface area contributed by atoms with E-state index in [1.54, 1.807) is 29.9 Å². The van der Waals surface area contributed by atoms with Gasteiger partial charge in [0.15, 0.2) is 0 Å². The van der Waals surface area contributed by atoms with Gasteiger partial charge < -0.3 is 9.67 Å². The minimum absolute atomic E-state index is 0.0648. The lowest BCUT2D eigenvalue weighted by Crippen LogP contribution is -2.06. The fraction of sp³-hybridized carbons (Fsp3) is 0.0909. The largest absolute Gasteiger partial charge is 0.478 e. The second-order valence-electron chi connectivity index (χ2n) is 3.65. The van der Waals surface area contributed by atoms with Crippen LogP contribution in [-0.4, -0.2) is 25.6 Å². The van der Waals surface area contributed by atoms with Gasteiger partial charge in [-0.15, -0.1) is 0 Å². The third kappa shape index (κ3) is 1.81. The van der Waals surface area contributed by atoms with Crippen molar-refractivity contribution in [1.29, 1.82) is 0 Å². The predicted octanol–water partition coefficient (Wildman–Crippen LogP) is 1.69. The second-order valence-corrected chi connectivity index (χ2v) is 3.65. The number of nitro groups is 1. The van der Waals surface area contributed by atoms with Crippen LogP contribution in [0.4, 0.5) is 5.69 Å². The van der Waals surface area contributed by atoms with Crippen molar-refractivity contribution in [3.05, 3.63) is 46.4 Å². The number of hydrogen-bond acceptors (Lipinski definition) is 4. The highest BCUT2D eigenvalue weighted by Gasteiger charge is 2.24. The summed E-state index contributed by atoms with van der Waals surface area (Å²) in [6, 6.07) is 3.31. The molecule has 0 radical (unpaired) electrons. The summed E-state index contributed by atoms with van der Waals surface area (Å²) in [6.07, 6.45) is 3.84. The third-order valence-electron chi connectivity index (χ3n) is 2.55. The van der Waals surface area contributed by atoms with E-state index in [0.29, 0.717) is 5.69 Å². The van der Waals surface area contributed by atoms with Gasteiger partial charge >= 0.3 is 5.97 Å². The molecule has 0 aliphatic carbocycles. The zero-order valence-electron chi connectivity index (χ0n) is 9.40. The third-order valence-corrected chi connectivity index (χ3v) is 2.55. The van der Waals surface area contributed by atoms with E-state index in [2.05, 4.69) is 4.98 Å². The molecular formula is C11H9N3O4. The molecule has 18 heavy (non-hydrogen) atoms. The molecule has 2 aromatic heterocycles. The van der Waals surface area contributed by atoms with Crippen LogP contribution in [0.25, 0.3) is 11.3 Å². The van der Waals surface area contributed by atoms with E-state index < -0.39 is 10.9 Å². The molecule has 0 amide bonds. The Morgan fingerprint density at radius 1 is 1.50 bits per heavy atom. The summed E-state index contributed by atoms with van der Waals surface area (Å²) >= 11 is 0. The van der Waals surface area contributed by atoms with Gasteiger partial charge in [-0.25, -0.2) is 4.79 Å². The highest BCUT2D eigenvalue weighted by molar-refractivity contribution is 5.97. The van der Waals surface area contributed by atoms with Gasteiger partial charge in [-0.3, -0.25) is 15.1 Å². The van der Waals surface area contributed by atoms with Crippen molar-refractivity contribution in [1.82, 2.24) is 9.55 Å². The molecule has 2 aromatic rings. The van der Waals surface area contributed by atoms with Crippen LogP contribution < -0.4 is 0 Å². The molecule has 0 atom stereocenters. The number of nitrogens with zero attached hydrogens (tertiary/aromatic N) is 3. The number of pyridine rings is 1. The van der Waals surface area contributed by atoms with Crippen LogP contribution in [0.5, 0.6) is 0 Å². The molecule has 92 valence electrons. The van der Waals surface area contributed by atoms with Crippen LogP contribution in [0.1, 0.15) is 10.4 Å². The normalized spacial score (nSPS) is 10.3. The molecule has 2 heterocycles. The smallest absolute Gasteiger partial charge is 0.338 e. The summed E-state index contributed by atoms with van der Waals surface area (Å²) < 4.78 is 1.62. The topological polar surface area (TPSA) is 98.3 Å². The van der Waals surface area contributed by atoms with Crippen LogP contribution in [0.3, 0.4) is 0 Å². The van der Waals surface area contributed by atoms with E-state index >= 15 is 0 Å². The first kappa shape index (κ1) is 11.8. The van der Waals surface area contributed by atoms with E-state index in [0.717, 1.165) is 12.4 Å². The molecule has 0 aliphatic rings. The Morgan fingerprint density at radius 3 is 2.72 bits per heavy atom. The first-order valence-corrected chi connectivity index (χ1v) is 4.99. The van der Waals surface area contributed by atoms with Crippen molar-refractivity contribution in [3.63, 3.8) is 0 Å². The number of carbonyl (C=O) groups is 1. The van der Waals surface area contributed by atoms with Crippen LogP contribution in [-0.2, 0) is 7.05 Å². The fourth-order valence-corrected chi connectivity index (χ4v) is 1.74. The van der Waals surface area contributed by atoms with Crippen LogP contribution >= 0.6 is 0 Å². The van der Waals surface area contributed by atoms with Gasteiger partial charge in [0.1, 0.15) is 6.20 Å². The Labute approximate surface area is 101 Å². The van der Waals surface area contributed by atoms with Gasteiger partial charge in [-0.05, 0) is 12.1 Å². The number of aryl methyl sites for hydroxylation is 1. The molecule has 0 unspecified atom stereocenters. The SMILES string of the molecule is Cn1cccc1-c1c(C(=O)O)cncc1[N+](=O)[O-]. The van der Waals surface area contributed by atoms with Gasteiger partial charge in [-0.1, -0.05) is 0 Å². The summed E-state index contributed by atoms with van der Waals surface area (Å²) in [5.41, 5.74) is 0.0131. The molecule has 7 heteroatoms. The summed E-state index contributed by atoms with van der Waals surface area (Å²) in [4.78, 5) is 25.1. The molecule has 0 fully saturated rings. The summed E-state index contributed by atoms with van der Waals surface area (Å²) in [6.45, 7) is 0. The molecule has 2 rings (SSSR count). The summed E-state index contributed by atoms with van der Waals surface area (Å²) in [5, 5.41) is 20.1. The van der Waals surface area contributed by atoms with Gasteiger partial charge in [0.05, 0.1) is 21.7 Å². The lowest BCUT2D eigenvalue weighted by molar-refractivity contribution is -0.384. The minimum atomic E-state index is -1.25. The first-order chi connectivity index (χ1) is 8.52. The maximum absolute atomic E-state index is 11.1. The van der Waals surface area contributed by atoms with Gasteiger partial charge in [0, 0.05) is 19.4 Å². The molecule has 0 spiro atoms. The van der Waals surface area contributed by atoms with Crippen molar-refractivity contribution >= 4 is 11.7 Å². The minimum Gasteiger partial charge on any atom is -0.478 e. The van der Waals surface area contributed by atoms with Crippen LogP contribution in [0.15, 0.2) is 30.7 Å². The molecule has 0 aromatic carbocycles. The van der Waals surface area contributed by atoms with E-state index in [1.165, 1.54) is 0 Å². The van der Waals surface area contributed by atoms with Crippen molar-refractivity contribution in [2.45, 2.75) is 0 Å². The number of aromatic carboxylic acids is 1. The Bertz CT molecular complexity index is 601. The quantitative estimate of drug-likeness (QED) is 0.657. The molecule has 7 nitrogen and oxygen atoms in total. The van der Waals surface area contributed by atoms with E-state index in [4.69, 9.17) is 5.11 Å². The molecular weight excluding hydrogens is 238 g/mol. The number of carboxylic acid groups (broad SMARTS) is 1. The van der Waals surface area contributed by atoms with Crippen molar-refractivity contribution in [2.24, 2.45) is 7.05 Å². The van der Waals surface area contributed by atoms with Gasteiger partial charge in [-0.2, -0.15) is 0 Å². The van der Waals surface area contributed by atoms with Gasteiger partial charge in [0.2, 0.25) is 0 Å². The average Bonchev–Trinajstić information content (AvgIpc) is 2.74. The summed E-state index contributed by atoms with van der Waals surface area (Å²) in [5.74, 6) is -1.25. The van der Waals surface area contributed by atoms with Crippen molar-refractivity contribution < 1.29 is 14.8 Å². The predicted molar refractivity (Wildman–Crippen MR) is 62.3 cm³/mol. The standard InChI is InChI=1S/C11H9N3O4/c1-13-4-2-3-8(13)10-7(11(15)16)5-12-6-9(10)14(17)18/h2-6H,1H3,(H,15,16). The lowest BCUT2D eigenvalue weighted by atomic mass is 10.1. The fourth-order valence-electron chi connectivity index (χ4n) is 1.74. The Balaban J connectivity index is 2.81. The highest BCUT2D eigenvalue weighted by atomic mass is 16.6. The molecule has 1 N–H and O–H groups in total. The number of carboxylic acids is 1. The molecule has 0 saturated carbocycles. The summed E-state index contributed by atoms with van der Waals surface area (Å²) in [7, 11) is 1.69. The monoisotopic (exact) mass is 247 g/mol. The average molecular weight is 247 g/mol. The number of rotatable bonds is 3. The number of hydrogen-bond donors (Lipinski definition) is 1. The van der Waals surface area contributed by atoms with Crippen LogP contribution in [0.2, 0.25) is 0 Å². The highest BCUT2D eigenvalue weighted by Crippen LogP contribution is 2.32. The number of aromatic nitrogens is 2. The zero-order chi connectivity index (χ0) is 13.3. The van der Waals surface area contributed by atoms with Gasteiger partial charge in [0.25, 0.3) is 5.69 Å². The van der Waals surface area contributed by atoms with Crippen molar-refractivity contribution in [2.75, 3.05) is 0 Å². The Morgan fingerprint density at radius 2 is 2.22 bits per heavy atom. The zero-order valence-corrected chi connectivity index (χ0v) is 9.40. The first-order valence-electron chi connectivity index (χ1n) is 4.99. The van der Waals surface area contributed by atoms with E-state index in [9.17, 15) is 14.9 Å².